The van der Waals surface area contributed by atoms with Crippen LogP contribution in [0, 0.1) is 14.9 Å². The number of carbonyl (C=O) groups excluding carboxylic acids is 1. The Morgan fingerprint density at radius 3 is 2.39 bits per heavy atom. The highest BCUT2D eigenvalue weighted by Crippen LogP contribution is 2.27. The molecule has 0 saturated heterocycles. The fraction of sp³-hybridized carbons (Fsp3) is 0.120. The Hall–Kier alpha value is -2.82. The van der Waals surface area contributed by atoms with Gasteiger partial charge in [0.1, 0.15) is 24.0 Å². The van der Waals surface area contributed by atoms with E-state index in [1.54, 1.807) is 18.2 Å². The number of hydrogen-bond donors (Lipinski definition) is 1. The van der Waals surface area contributed by atoms with Gasteiger partial charge in [0, 0.05) is 9.26 Å². The summed E-state index contributed by atoms with van der Waals surface area (Å²) in [6, 6.07) is 22.7. The van der Waals surface area contributed by atoms with Crippen LogP contribution in [-0.2, 0) is 17.8 Å². The first kappa shape index (κ1) is 22.9. The molecule has 3 aromatic rings. The summed E-state index contributed by atoms with van der Waals surface area (Å²) in [6.45, 7) is 2.46. The number of nitrogens with zero attached hydrogens (tertiary/aromatic N) is 1. The van der Waals surface area contributed by atoms with Crippen molar-refractivity contribution in [3.05, 3.63) is 97.6 Å². The van der Waals surface area contributed by atoms with E-state index in [2.05, 4.69) is 34.8 Å². The third-order valence-electron chi connectivity index (χ3n) is 4.56. The Kier molecular flexibility index (Phi) is 8.10. The zero-order valence-corrected chi connectivity index (χ0v) is 19.8. The maximum absolute atomic E-state index is 12.5. The van der Waals surface area contributed by atoms with E-state index in [1.807, 2.05) is 54.6 Å². The minimum Gasteiger partial charge on any atom is -0.487 e. The molecule has 0 aromatic heterocycles. The molecule has 0 unspecified atom stereocenters. The SMILES string of the molecule is CCc1ccc(NC(=O)/C(C#N)=C/c2ccc(OCc3ccc(I)cc3)c(Cl)c2)cc1. The van der Waals surface area contributed by atoms with Crippen molar-refractivity contribution in [3.8, 4) is 11.8 Å². The third kappa shape index (κ3) is 6.58. The van der Waals surface area contributed by atoms with E-state index >= 15 is 0 Å². The Balaban J connectivity index is 1.68. The van der Waals surface area contributed by atoms with E-state index in [9.17, 15) is 10.1 Å². The average molecular weight is 543 g/mol. The van der Waals surface area contributed by atoms with Crippen LogP contribution in [0.25, 0.3) is 6.08 Å². The van der Waals surface area contributed by atoms with Crippen LogP contribution in [0.2, 0.25) is 5.02 Å². The van der Waals surface area contributed by atoms with Gasteiger partial charge in [-0.2, -0.15) is 5.26 Å². The molecule has 0 aliphatic heterocycles. The van der Waals surface area contributed by atoms with Crippen LogP contribution in [0.4, 0.5) is 5.69 Å². The van der Waals surface area contributed by atoms with E-state index in [1.165, 1.54) is 11.6 Å². The van der Waals surface area contributed by atoms with Crippen LogP contribution in [0.15, 0.2) is 72.3 Å². The lowest BCUT2D eigenvalue weighted by molar-refractivity contribution is -0.112. The number of nitriles is 1. The fourth-order valence-corrected chi connectivity index (χ4v) is 3.41. The predicted molar refractivity (Wildman–Crippen MR) is 133 cm³/mol. The molecule has 4 nitrogen and oxygen atoms in total. The third-order valence-corrected chi connectivity index (χ3v) is 5.57. The van der Waals surface area contributed by atoms with Crippen LogP contribution in [-0.4, -0.2) is 5.91 Å². The highest BCUT2D eigenvalue weighted by Gasteiger charge is 2.11. The normalized spacial score (nSPS) is 11.0. The molecule has 3 rings (SSSR count). The number of benzene rings is 3. The number of rotatable bonds is 7. The van der Waals surface area contributed by atoms with Crippen molar-refractivity contribution in [1.82, 2.24) is 0 Å². The van der Waals surface area contributed by atoms with Crippen molar-refractivity contribution >= 4 is 51.9 Å². The largest absolute Gasteiger partial charge is 0.487 e. The molecule has 3 aromatic carbocycles. The molecule has 156 valence electrons. The van der Waals surface area contributed by atoms with Gasteiger partial charge in [0.05, 0.1) is 5.02 Å². The summed E-state index contributed by atoms with van der Waals surface area (Å²) < 4.78 is 6.95. The first-order valence-corrected chi connectivity index (χ1v) is 11.1. The number of carbonyl (C=O) groups is 1. The maximum Gasteiger partial charge on any atom is 0.266 e. The van der Waals surface area contributed by atoms with E-state index in [-0.39, 0.29) is 5.57 Å². The molecule has 0 spiro atoms. The summed E-state index contributed by atoms with van der Waals surface area (Å²) in [7, 11) is 0. The number of ether oxygens (including phenoxy) is 1. The second-order valence-corrected chi connectivity index (χ2v) is 8.43. The molecule has 6 heteroatoms. The van der Waals surface area contributed by atoms with Gasteiger partial charge in [-0.25, -0.2) is 0 Å². The number of hydrogen-bond acceptors (Lipinski definition) is 3. The topological polar surface area (TPSA) is 62.1 Å². The van der Waals surface area contributed by atoms with Gasteiger partial charge in [-0.15, -0.1) is 0 Å². The van der Waals surface area contributed by atoms with Gasteiger partial charge in [0.15, 0.2) is 0 Å². The summed E-state index contributed by atoms with van der Waals surface area (Å²) in [6.07, 6.45) is 2.42. The van der Waals surface area contributed by atoms with Crippen molar-refractivity contribution in [1.29, 1.82) is 5.26 Å². The minimum atomic E-state index is -0.470. The lowest BCUT2D eigenvalue weighted by atomic mass is 10.1. The van der Waals surface area contributed by atoms with Crippen molar-refractivity contribution in [2.24, 2.45) is 0 Å². The van der Waals surface area contributed by atoms with Crippen LogP contribution in [0.1, 0.15) is 23.6 Å². The Morgan fingerprint density at radius 2 is 1.77 bits per heavy atom. The number of amides is 1. The average Bonchev–Trinajstić information content (AvgIpc) is 2.78. The summed E-state index contributed by atoms with van der Waals surface area (Å²) in [5, 5.41) is 12.6. The number of nitrogens with one attached hydrogen (secondary N) is 1. The van der Waals surface area contributed by atoms with Crippen LogP contribution in [0.5, 0.6) is 5.75 Å². The maximum atomic E-state index is 12.5. The van der Waals surface area contributed by atoms with Crippen LogP contribution in [0.3, 0.4) is 0 Å². The van der Waals surface area contributed by atoms with Gasteiger partial charge < -0.3 is 10.1 Å². The van der Waals surface area contributed by atoms with E-state index in [0.717, 1.165) is 15.6 Å². The van der Waals surface area contributed by atoms with Gasteiger partial charge in [-0.05, 0) is 88.2 Å². The molecule has 1 amide bonds. The number of anilines is 1. The Bertz CT molecular complexity index is 1130. The van der Waals surface area contributed by atoms with Crippen molar-refractivity contribution in [2.75, 3.05) is 5.32 Å². The number of aryl methyl sites for hydroxylation is 1. The van der Waals surface area contributed by atoms with Gasteiger partial charge in [-0.1, -0.05) is 48.9 Å². The summed E-state index contributed by atoms with van der Waals surface area (Å²) in [4.78, 5) is 12.5. The zero-order chi connectivity index (χ0) is 22.2. The molecule has 0 fully saturated rings. The predicted octanol–water partition coefficient (Wildman–Crippen LogP) is 6.63. The van der Waals surface area contributed by atoms with E-state index in [0.29, 0.717) is 28.6 Å². The lowest BCUT2D eigenvalue weighted by Gasteiger charge is -2.09. The molecule has 0 radical (unpaired) electrons. The molecule has 0 saturated carbocycles. The molecular formula is C25H20ClIN2O2. The monoisotopic (exact) mass is 542 g/mol. The highest BCUT2D eigenvalue weighted by atomic mass is 127. The van der Waals surface area contributed by atoms with E-state index in [4.69, 9.17) is 16.3 Å². The summed E-state index contributed by atoms with van der Waals surface area (Å²) in [5.74, 6) is 0.0678. The van der Waals surface area contributed by atoms with Crippen LogP contribution < -0.4 is 10.1 Å². The van der Waals surface area contributed by atoms with Crippen molar-refractivity contribution in [2.45, 2.75) is 20.0 Å². The first-order valence-electron chi connectivity index (χ1n) is 9.67. The van der Waals surface area contributed by atoms with Gasteiger partial charge in [0.25, 0.3) is 5.91 Å². The number of halogens is 2. The summed E-state index contributed by atoms with van der Waals surface area (Å²) in [5.41, 5.74) is 3.48. The molecule has 0 bridgehead atoms. The Labute approximate surface area is 200 Å². The molecule has 0 heterocycles. The standard InChI is InChI=1S/C25H20ClIN2O2/c1-2-17-5-10-22(11-6-17)29-25(30)20(15-28)13-19-7-12-24(23(26)14-19)31-16-18-3-8-21(27)9-4-18/h3-14H,2,16H2,1H3,(H,29,30)/b20-13+. The van der Waals surface area contributed by atoms with Gasteiger partial charge >= 0.3 is 0 Å². The molecule has 1 N–H and O–H groups in total. The molecular weight excluding hydrogens is 523 g/mol. The van der Waals surface area contributed by atoms with Crippen molar-refractivity contribution in [3.63, 3.8) is 0 Å². The molecule has 0 atom stereocenters. The smallest absolute Gasteiger partial charge is 0.266 e. The lowest BCUT2D eigenvalue weighted by Crippen LogP contribution is -2.13. The van der Waals surface area contributed by atoms with Gasteiger partial charge in [-0.3, -0.25) is 4.79 Å². The molecule has 0 aliphatic rings. The quantitative estimate of drug-likeness (QED) is 0.207. The molecule has 31 heavy (non-hydrogen) atoms. The van der Waals surface area contributed by atoms with Crippen LogP contribution >= 0.6 is 34.2 Å². The van der Waals surface area contributed by atoms with Gasteiger partial charge in [0.2, 0.25) is 0 Å². The van der Waals surface area contributed by atoms with E-state index < -0.39 is 5.91 Å². The fourth-order valence-electron chi connectivity index (χ4n) is 2.80. The van der Waals surface area contributed by atoms with Crippen molar-refractivity contribution < 1.29 is 9.53 Å². The highest BCUT2D eigenvalue weighted by molar-refractivity contribution is 14.1. The summed E-state index contributed by atoms with van der Waals surface area (Å²) >= 11 is 8.60. The Morgan fingerprint density at radius 1 is 1.10 bits per heavy atom. The zero-order valence-electron chi connectivity index (χ0n) is 16.9. The second kappa shape index (κ2) is 11.0. The second-order valence-electron chi connectivity index (χ2n) is 6.78. The molecule has 0 aliphatic carbocycles. The minimum absolute atomic E-state index is 0.0109. The first-order chi connectivity index (χ1) is 15.0.